The molecule has 0 aromatic rings. The van der Waals surface area contributed by atoms with Gasteiger partial charge in [-0.2, -0.15) is 0 Å². The monoisotopic (exact) mass is 690 g/mol. The number of piperidine rings is 1. The summed E-state index contributed by atoms with van der Waals surface area (Å²) < 4.78 is 5.50. The fraction of sp³-hybridized carbons (Fsp3) is 0.833. The maximum atomic E-state index is 14.4. The number of likely N-dealkylation sites (N-methyl/N-ethyl adjacent to an activating group) is 1. The molecular formula is C36H62N6O7. The first kappa shape index (κ1) is 40.1. The Morgan fingerprint density at radius 2 is 1.53 bits per heavy atom. The number of Topliss-reactive ketones (excluding diaryl/α,β-unsaturated/α-hetero) is 1. The average Bonchev–Trinajstić information content (AvgIpc) is 3.22. The molecule has 278 valence electrons. The summed E-state index contributed by atoms with van der Waals surface area (Å²) in [7, 11) is 1.62. The van der Waals surface area contributed by atoms with Crippen LogP contribution in [0, 0.1) is 34.0 Å². The number of carbonyl (C=O) groups is 6. The van der Waals surface area contributed by atoms with Gasteiger partial charge in [-0.05, 0) is 67.6 Å². The molecule has 13 heteroatoms. The molecule has 0 aromatic carbocycles. The molecule has 0 bridgehead atoms. The lowest BCUT2D eigenvalue weighted by Gasteiger charge is -2.38. The number of hydrogen-bond donors (Lipinski definition) is 4. The fourth-order valence-corrected chi connectivity index (χ4v) is 7.35. The van der Waals surface area contributed by atoms with Crippen LogP contribution in [0.1, 0.15) is 108 Å². The second-order valence-electron chi connectivity index (χ2n) is 18.5. The number of amides is 6. The molecule has 49 heavy (non-hydrogen) atoms. The molecule has 1 saturated heterocycles. The molecule has 3 fully saturated rings. The Morgan fingerprint density at radius 3 is 2.00 bits per heavy atom. The van der Waals surface area contributed by atoms with Crippen molar-refractivity contribution in [1.82, 2.24) is 25.8 Å². The van der Waals surface area contributed by atoms with Crippen LogP contribution in [0.15, 0.2) is 0 Å². The van der Waals surface area contributed by atoms with E-state index in [0.29, 0.717) is 19.4 Å². The number of primary amides is 1. The summed E-state index contributed by atoms with van der Waals surface area (Å²) in [6, 6.07) is -3.95. The van der Waals surface area contributed by atoms with Gasteiger partial charge in [-0.1, -0.05) is 74.7 Å². The molecule has 2 saturated carbocycles. The topological polar surface area (TPSA) is 180 Å². The van der Waals surface area contributed by atoms with E-state index in [-0.39, 0.29) is 35.1 Å². The van der Waals surface area contributed by atoms with Gasteiger partial charge in [0.05, 0.1) is 6.04 Å². The van der Waals surface area contributed by atoms with E-state index in [1.165, 1.54) is 9.80 Å². The van der Waals surface area contributed by atoms with E-state index >= 15 is 0 Å². The number of nitrogens with one attached hydrogen (secondary N) is 3. The van der Waals surface area contributed by atoms with Gasteiger partial charge in [-0.15, -0.1) is 0 Å². The highest BCUT2D eigenvalue weighted by atomic mass is 16.6. The summed E-state index contributed by atoms with van der Waals surface area (Å²) >= 11 is 0. The van der Waals surface area contributed by atoms with Crippen LogP contribution in [-0.4, -0.2) is 95.3 Å². The molecule has 13 nitrogen and oxygen atoms in total. The highest BCUT2D eigenvalue weighted by molar-refractivity contribution is 6.37. The fourth-order valence-electron chi connectivity index (χ4n) is 7.35. The minimum Gasteiger partial charge on any atom is -0.444 e. The van der Waals surface area contributed by atoms with Crippen LogP contribution in [0.4, 0.5) is 9.59 Å². The third-order valence-corrected chi connectivity index (χ3v) is 10.2. The van der Waals surface area contributed by atoms with E-state index in [4.69, 9.17) is 10.5 Å². The lowest BCUT2D eigenvalue weighted by molar-refractivity contribution is -0.145. The summed E-state index contributed by atoms with van der Waals surface area (Å²) in [5.41, 5.74) is 3.55. The summed E-state index contributed by atoms with van der Waals surface area (Å²) in [4.78, 5) is 82.3. The van der Waals surface area contributed by atoms with Crippen LogP contribution in [0.25, 0.3) is 0 Å². The largest absolute Gasteiger partial charge is 0.444 e. The van der Waals surface area contributed by atoms with E-state index in [0.717, 1.165) is 19.3 Å². The smallest absolute Gasteiger partial charge is 0.410 e. The molecule has 6 amide bonds. The molecule has 3 rings (SSSR count). The molecular weight excluding hydrogens is 628 g/mol. The Kier molecular flexibility index (Phi) is 11.8. The van der Waals surface area contributed by atoms with Crippen molar-refractivity contribution in [1.29, 1.82) is 0 Å². The number of carbonyl (C=O) groups excluding carboxylic acids is 6. The number of urea groups is 1. The number of likely N-dealkylation sites (tertiary alicyclic amines) is 1. The first-order chi connectivity index (χ1) is 22.2. The number of rotatable bonds is 12. The first-order valence-corrected chi connectivity index (χ1v) is 17.7. The third kappa shape index (κ3) is 10.3. The minimum atomic E-state index is -1.10. The molecule has 1 heterocycles. The van der Waals surface area contributed by atoms with Gasteiger partial charge in [0.2, 0.25) is 17.6 Å². The third-order valence-electron chi connectivity index (χ3n) is 10.2. The number of fused-ring (bicyclic) bond motifs is 1. The summed E-state index contributed by atoms with van der Waals surface area (Å²) in [6.07, 6.45) is 3.23. The predicted molar refractivity (Wildman–Crippen MR) is 186 cm³/mol. The highest BCUT2D eigenvalue weighted by Gasteiger charge is 2.70. The first-order valence-electron chi connectivity index (χ1n) is 17.7. The Balaban J connectivity index is 1.80. The van der Waals surface area contributed by atoms with Gasteiger partial charge in [-0.3, -0.25) is 19.2 Å². The second kappa shape index (κ2) is 14.5. The number of nitrogens with two attached hydrogens (primary N) is 1. The number of ketones is 1. The van der Waals surface area contributed by atoms with Crippen molar-refractivity contribution >= 4 is 35.6 Å². The maximum Gasteiger partial charge on any atom is 0.410 e. The predicted octanol–water partition coefficient (Wildman–Crippen LogP) is 3.58. The maximum absolute atomic E-state index is 14.4. The van der Waals surface area contributed by atoms with Gasteiger partial charge in [0.25, 0.3) is 5.91 Å². The SMILES string of the molecule is CN(C[C@H](CC(C)(C)C)NC(=O)N[C@H](C(=O)N1C[C@H]2[C@@H]([C@H]1C(=O)NC(CC1CCC1)C(=O)C(N)=O)C2(C)C)C(C)(C)C)C(=O)OC(C)(C)C. The zero-order valence-corrected chi connectivity index (χ0v) is 31.8. The Hall–Kier alpha value is -3.38. The van der Waals surface area contributed by atoms with E-state index in [9.17, 15) is 28.8 Å². The van der Waals surface area contributed by atoms with Crippen LogP contribution < -0.4 is 21.7 Å². The van der Waals surface area contributed by atoms with Crippen molar-refractivity contribution in [3.8, 4) is 0 Å². The average molecular weight is 691 g/mol. The van der Waals surface area contributed by atoms with Crippen LogP contribution in [0.2, 0.25) is 0 Å². The number of nitrogens with zero attached hydrogens (tertiary/aromatic N) is 2. The Bertz CT molecular complexity index is 1290. The Morgan fingerprint density at radius 1 is 0.939 bits per heavy atom. The van der Waals surface area contributed by atoms with Crippen LogP contribution in [0.3, 0.4) is 0 Å². The highest BCUT2D eigenvalue weighted by Crippen LogP contribution is 2.65. The van der Waals surface area contributed by atoms with Crippen molar-refractivity contribution in [2.24, 2.45) is 39.7 Å². The van der Waals surface area contributed by atoms with Crippen LogP contribution >= 0.6 is 0 Å². The quantitative estimate of drug-likeness (QED) is 0.226. The summed E-state index contributed by atoms with van der Waals surface area (Å²) in [5.74, 6) is -2.68. The van der Waals surface area contributed by atoms with E-state index in [2.05, 4.69) is 29.8 Å². The van der Waals surface area contributed by atoms with Crippen LogP contribution in [0.5, 0.6) is 0 Å². The molecule has 0 spiro atoms. The molecule has 0 radical (unpaired) electrons. The van der Waals surface area contributed by atoms with Crippen molar-refractivity contribution in [2.75, 3.05) is 20.1 Å². The summed E-state index contributed by atoms with van der Waals surface area (Å²) in [5, 5.41) is 8.68. The minimum absolute atomic E-state index is 0.0677. The molecule has 3 aliphatic rings. The van der Waals surface area contributed by atoms with Crippen LogP contribution in [-0.2, 0) is 23.9 Å². The van der Waals surface area contributed by atoms with E-state index < -0.39 is 70.8 Å². The van der Waals surface area contributed by atoms with E-state index in [1.54, 1.807) is 27.8 Å². The van der Waals surface area contributed by atoms with Crippen molar-refractivity contribution < 1.29 is 33.5 Å². The molecule has 6 atom stereocenters. The van der Waals surface area contributed by atoms with Crippen molar-refractivity contribution in [2.45, 2.75) is 138 Å². The molecule has 1 unspecified atom stereocenters. The lowest BCUT2D eigenvalue weighted by atomic mass is 9.80. The van der Waals surface area contributed by atoms with Gasteiger partial charge in [-0.25, -0.2) is 9.59 Å². The second-order valence-corrected chi connectivity index (χ2v) is 18.5. The zero-order valence-electron chi connectivity index (χ0n) is 31.8. The van der Waals surface area contributed by atoms with E-state index in [1.807, 2.05) is 41.5 Å². The number of hydrogen-bond acceptors (Lipinski definition) is 7. The van der Waals surface area contributed by atoms with Gasteiger partial charge in [0, 0.05) is 26.2 Å². The van der Waals surface area contributed by atoms with Crippen molar-refractivity contribution in [3.05, 3.63) is 0 Å². The van der Waals surface area contributed by atoms with Gasteiger partial charge >= 0.3 is 12.1 Å². The summed E-state index contributed by atoms with van der Waals surface area (Å²) in [6.45, 7) is 21.6. The number of ether oxygens (including phenoxy) is 1. The van der Waals surface area contributed by atoms with Gasteiger partial charge < -0.3 is 36.2 Å². The molecule has 5 N–H and O–H groups in total. The van der Waals surface area contributed by atoms with Gasteiger partial charge in [0.1, 0.15) is 17.7 Å². The molecule has 2 aliphatic carbocycles. The lowest BCUT2D eigenvalue weighted by Crippen LogP contribution is -2.62. The zero-order chi connectivity index (χ0) is 37.4. The van der Waals surface area contributed by atoms with Crippen molar-refractivity contribution in [3.63, 3.8) is 0 Å². The normalized spacial score (nSPS) is 23.6. The Labute approximate surface area is 292 Å². The van der Waals surface area contributed by atoms with Gasteiger partial charge in [0.15, 0.2) is 0 Å². The standard InChI is InChI=1S/C36H62N6O7/c1-33(2,3)17-21(18-41(12)32(48)49-35(7,8)9)38-31(47)40-27(34(4,5)6)30(46)42-19-22-24(36(22,10)11)25(42)29(45)39-23(26(43)28(37)44)16-20-14-13-15-20/h20-25,27H,13-19H2,1-12H3,(H2,37,44)(H,39,45)(H2,38,40,47)/t21-,22-,23?,24-,25-,27+/m0/s1. The molecule has 1 aliphatic heterocycles. The molecule has 0 aromatic heterocycles.